The summed E-state index contributed by atoms with van der Waals surface area (Å²) in [7, 11) is 0. The molecule has 0 unspecified atom stereocenters. The Morgan fingerprint density at radius 3 is 2.59 bits per heavy atom. The number of pyridine rings is 2. The molecule has 3 rings (SSSR count). The van der Waals surface area contributed by atoms with E-state index in [0.717, 1.165) is 16.9 Å². The summed E-state index contributed by atoms with van der Waals surface area (Å²) in [6.45, 7) is 1.95. The van der Waals surface area contributed by atoms with Gasteiger partial charge in [0.2, 0.25) is 0 Å². The summed E-state index contributed by atoms with van der Waals surface area (Å²) in [5.74, 6) is 1.20. The van der Waals surface area contributed by atoms with Gasteiger partial charge in [-0.05, 0) is 49.4 Å². The number of hydrogen-bond acceptors (Lipinski definition) is 4. The number of hydrogen-bond donors (Lipinski definition) is 2. The Labute approximate surface area is 141 Å². The van der Waals surface area contributed by atoms with Gasteiger partial charge in [0, 0.05) is 17.9 Å². The fourth-order valence-corrected chi connectivity index (χ4v) is 2.70. The molecular weight excluding hydrogens is 319 g/mol. The summed E-state index contributed by atoms with van der Waals surface area (Å²) in [5.41, 5.74) is 9.11. The molecule has 0 amide bonds. The predicted octanol–water partition coefficient (Wildman–Crippen LogP) is 4.40. The van der Waals surface area contributed by atoms with Crippen molar-refractivity contribution >= 4 is 35.5 Å². The van der Waals surface area contributed by atoms with Gasteiger partial charge in [-0.1, -0.05) is 18.0 Å². The standard InChI is InChI=1S/C16H19ClN4.ClH/c1-10-5-6-13(9-19-10)21-16-14(17)7-12(8-20-16)15(18)11-3-2-4-11;/h5-9,11,15H,2-4,18H2,1H3,(H,20,21);1H/t15-;/m1./s1. The summed E-state index contributed by atoms with van der Waals surface area (Å²) in [4.78, 5) is 8.65. The number of nitrogens with one attached hydrogen (secondary N) is 1. The van der Waals surface area contributed by atoms with Crippen LogP contribution in [-0.2, 0) is 0 Å². The van der Waals surface area contributed by atoms with Gasteiger partial charge in [0.1, 0.15) is 5.82 Å². The highest BCUT2D eigenvalue weighted by molar-refractivity contribution is 6.33. The lowest BCUT2D eigenvalue weighted by molar-refractivity contribution is 0.264. The number of nitrogens with zero attached hydrogens (tertiary/aromatic N) is 2. The number of halogens is 2. The fourth-order valence-electron chi connectivity index (χ4n) is 2.48. The maximum absolute atomic E-state index is 6.32. The number of nitrogens with two attached hydrogens (primary N) is 1. The van der Waals surface area contributed by atoms with Gasteiger partial charge in [-0.15, -0.1) is 12.4 Å². The van der Waals surface area contributed by atoms with E-state index < -0.39 is 0 Å². The van der Waals surface area contributed by atoms with E-state index in [4.69, 9.17) is 17.3 Å². The Morgan fingerprint density at radius 2 is 2.05 bits per heavy atom. The molecule has 6 heteroatoms. The Hall–Kier alpha value is -1.36. The monoisotopic (exact) mass is 338 g/mol. The highest BCUT2D eigenvalue weighted by Crippen LogP contribution is 2.37. The van der Waals surface area contributed by atoms with Gasteiger partial charge >= 0.3 is 0 Å². The molecule has 1 atom stereocenters. The minimum Gasteiger partial charge on any atom is -0.338 e. The van der Waals surface area contributed by atoms with Crippen LogP contribution >= 0.6 is 24.0 Å². The van der Waals surface area contributed by atoms with Gasteiger partial charge in [0.05, 0.1) is 16.9 Å². The van der Waals surface area contributed by atoms with Crippen molar-refractivity contribution in [3.63, 3.8) is 0 Å². The molecule has 2 aromatic heterocycles. The van der Waals surface area contributed by atoms with Crippen molar-refractivity contribution in [2.24, 2.45) is 11.7 Å². The first-order valence-electron chi connectivity index (χ1n) is 7.24. The zero-order valence-electron chi connectivity index (χ0n) is 12.4. The summed E-state index contributed by atoms with van der Waals surface area (Å²) in [5, 5.41) is 3.76. The molecule has 3 N–H and O–H groups in total. The van der Waals surface area contributed by atoms with Crippen molar-refractivity contribution in [3.8, 4) is 0 Å². The van der Waals surface area contributed by atoms with Crippen molar-refractivity contribution in [2.75, 3.05) is 5.32 Å². The van der Waals surface area contributed by atoms with Gasteiger partial charge in [-0.3, -0.25) is 4.98 Å². The summed E-state index contributed by atoms with van der Waals surface area (Å²) in [6.07, 6.45) is 7.27. The van der Waals surface area contributed by atoms with Gasteiger partial charge in [-0.25, -0.2) is 4.98 Å². The third-order valence-electron chi connectivity index (χ3n) is 4.08. The normalized spacial score (nSPS) is 15.6. The summed E-state index contributed by atoms with van der Waals surface area (Å²) < 4.78 is 0. The van der Waals surface area contributed by atoms with E-state index >= 15 is 0 Å². The number of aromatic nitrogens is 2. The van der Waals surface area contributed by atoms with E-state index in [9.17, 15) is 0 Å². The zero-order valence-corrected chi connectivity index (χ0v) is 14.0. The topological polar surface area (TPSA) is 63.8 Å². The Bertz CT molecular complexity index is 627. The first-order valence-corrected chi connectivity index (χ1v) is 7.62. The average Bonchev–Trinajstić information content (AvgIpc) is 2.41. The largest absolute Gasteiger partial charge is 0.338 e. The fraction of sp³-hybridized carbons (Fsp3) is 0.375. The smallest absolute Gasteiger partial charge is 0.149 e. The van der Waals surface area contributed by atoms with Crippen LogP contribution in [0.2, 0.25) is 5.02 Å². The molecule has 0 radical (unpaired) electrons. The highest BCUT2D eigenvalue weighted by atomic mass is 35.5. The molecule has 1 saturated carbocycles. The highest BCUT2D eigenvalue weighted by Gasteiger charge is 2.26. The lowest BCUT2D eigenvalue weighted by Crippen LogP contribution is -2.26. The van der Waals surface area contributed by atoms with Gasteiger partial charge in [-0.2, -0.15) is 0 Å². The van der Waals surface area contributed by atoms with Crippen LogP contribution in [0.1, 0.15) is 36.6 Å². The molecule has 0 saturated heterocycles. The molecule has 4 nitrogen and oxygen atoms in total. The van der Waals surface area contributed by atoms with E-state index in [2.05, 4.69) is 15.3 Å². The summed E-state index contributed by atoms with van der Waals surface area (Å²) in [6, 6.07) is 5.85. The van der Waals surface area contributed by atoms with Crippen molar-refractivity contribution < 1.29 is 0 Å². The van der Waals surface area contributed by atoms with Crippen LogP contribution in [0.5, 0.6) is 0 Å². The minimum absolute atomic E-state index is 0. The molecule has 0 aliphatic heterocycles. The zero-order chi connectivity index (χ0) is 14.8. The van der Waals surface area contributed by atoms with Crippen molar-refractivity contribution in [1.29, 1.82) is 0 Å². The predicted molar refractivity (Wildman–Crippen MR) is 93.0 cm³/mol. The maximum atomic E-state index is 6.32. The van der Waals surface area contributed by atoms with Gasteiger partial charge < -0.3 is 11.1 Å². The first kappa shape index (κ1) is 17.0. The van der Waals surface area contributed by atoms with Crippen LogP contribution in [-0.4, -0.2) is 9.97 Å². The Morgan fingerprint density at radius 1 is 1.27 bits per heavy atom. The van der Waals surface area contributed by atoms with Crippen LogP contribution < -0.4 is 11.1 Å². The maximum Gasteiger partial charge on any atom is 0.149 e. The minimum atomic E-state index is 0. The second kappa shape index (κ2) is 7.27. The molecule has 2 aromatic rings. The molecule has 0 spiro atoms. The van der Waals surface area contributed by atoms with Crippen molar-refractivity contribution in [2.45, 2.75) is 32.2 Å². The van der Waals surface area contributed by atoms with Crippen molar-refractivity contribution in [1.82, 2.24) is 9.97 Å². The lowest BCUT2D eigenvalue weighted by atomic mass is 9.78. The van der Waals surface area contributed by atoms with Crippen LogP contribution in [0.3, 0.4) is 0 Å². The Balaban J connectivity index is 0.00000176. The summed E-state index contributed by atoms with van der Waals surface area (Å²) >= 11 is 6.32. The molecule has 0 aromatic carbocycles. The van der Waals surface area contributed by atoms with Crippen LogP contribution in [0.15, 0.2) is 30.6 Å². The quantitative estimate of drug-likeness (QED) is 0.866. The Kier molecular flexibility index (Phi) is 5.62. The number of aryl methyl sites for hydroxylation is 1. The molecule has 22 heavy (non-hydrogen) atoms. The van der Waals surface area contributed by atoms with Crippen LogP contribution in [0.25, 0.3) is 0 Å². The molecule has 1 fully saturated rings. The van der Waals surface area contributed by atoms with Gasteiger partial charge in [0.15, 0.2) is 0 Å². The number of rotatable bonds is 4. The first-order chi connectivity index (χ1) is 10.1. The lowest BCUT2D eigenvalue weighted by Gasteiger charge is -2.31. The van der Waals surface area contributed by atoms with E-state index in [1.54, 1.807) is 6.20 Å². The third kappa shape index (κ3) is 3.69. The van der Waals surface area contributed by atoms with Crippen molar-refractivity contribution in [3.05, 3.63) is 46.9 Å². The van der Waals surface area contributed by atoms with E-state index in [1.165, 1.54) is 19.3 Å². The second-order valence-electron chi connectivity index (χ2n) is 5.63. The molecule has 2 heterocycles. The number of anilines is 2. The average molecular weight is 339 g/mol. The van der Waals surface area contributed by atoms with Crippen LogP contribution in [0.4, 0.5) is 11.5 Å². The SMILES string of the molecule is Cc1ccc(Nc2ncc([C@H](N)C3CCC3)cc2Cl)cn1.Cl. The second-order valence-corrected chi connectivity index (χ2v) is 6.04. The molecule has 118 valence electrons. The molecule has 1 aliphatic rings. The van der Waals surface area contributed by atoms with Gasteiger partial charge in [0.25, 0.3) is 0 Å². The van der Waals surface area contributed by atoms with E-state index in [0.29, 0.717) is 16.8 Å². The molecular formula is C16H20Cl2N4. The van der Waals surface area contributed by atoms with E-state index in [-0.39, 0.29) is 18.4 Å². The van der Waals surface area contributed by atoms with Crippen LogP contribution in [0, 0.1) is 12.8 Å². The molecule has 1 aliphatic carbocycles. The molecule has 0 bridgehead atoms. The van der Waals surface area contributed by atoms with E-state index in [1.807, 2.05) is 31.3 Å². The third-order valence-corrected chi connectivity index (χ3v) is 4.37.